The van der Waals surface area contributed by atoms with E-state index in [1.54, 1.807) is 6.20 Å². The van der Waals surface area contributed by atoms with Gasteiger partial charge in [0.1, 0.15) is 0 Å². The van der Waals surface area contributed by atoms with E-state index in [2.05, 4.69) is 46.5 Å². The maximum atomic E-state index is 5.80. The minimum Gasteiger partial charge on any atom is -0.397 e. The molecule has 0 radical (unpaired) electrons. The highest BCUT2D eigenvalue weighted by atomic mass is 14.7. The van der Waals surface area contributed by atoms with E-state index >= 15 is 0 Å². The summed E-state index contributed by atoms with van der Waals surface area (Å²) >= 11 is 0. The first-order valence-electron chi connectivity index (χ1n) is 5.39. The zero-order chi connectivity index (χ0) is 11.9. The number of pyridine rings is 1. The number of anilines is 1. The molecule has 84 valence electrons. The third-order valence-electron chi connectivity index (χ3n) is 2.43. The van der Waals surface area contributed by atoms with Gasteiger partial charge in [-0.15, -0.1) is 0 Å². The van der Waals surface area contributed by atoms with Crippen molar-refractivity contribution in [2.45, 2.75) is 52.4 Å². The second-order valence-electron chi connectivity index (χ2n) is 6.16. The van der Waals surface area contributed by atoms with Crippen LogP contribution in [-0.4, -0.2) is 4.98 Å². The van der Waals surface area contributed by atoms with Crippen LogP contribution in [0.1, 0.15) is 52.8 Å². The summed E-state index contributed by atoms with van der Waals surface area (Å²) in [5.74, 6) is 0. The van der Waals surface area contributed by atoms with E-state index in [0.29, 0.717) is 0 Å². The van der Waals surface area contributed by atoms with Gasteiger partial charge in [-0.1, -0.05) is 41.5 Å². The zero-order valence-corrected chi connectivity index (χ0v) is 10.7. The maximum absolute atomic E-state index is 5.80. The number of hydrogen-bond donors (Lipinski definition) is 1. The topological polar surface area (TPSA) is 38.9 Å². The van der Waals surface area contributed by atoms with Gasteiger partial charge in [-0.25, -0.2) is 0 Å². The molecule has 2 nitrogen and oxygen atoms in total. The Morgan fingerprint density at radius 1 is 1.00 bits per heavy atom. The Balaban J connectivity index is 3.41. The molecule has 1 aromatic heterocycles. The molecular formula is C13H22N2. The van der Waals surface area contributed by atoms with Crippen molar-refractivity contribution in [1.82, 2.24) is 4.98 Å². The molecule has 1 heterocycles. The molecule has 0 spiro atoms. The Kier molecular flexibility index (Phi) is 2.81. The Morgan fingerprint density at radius 3 is 1.93 bits per heavy atom. The van der Waals surface area contributed by atoms with Gasteiger partial charge < -0.3 is 5.73 Å². The summed E-state index contributed by atoms with van der Waals surface area (Å²) in [6.45, 7) is 13.1. The molecule has 0 aromatic carbocycles. The van der Waals surface area contributed by atoms with Crippen molar-refractivity contribution in [2.75, 3.05) is 5.73 Å². The second kappa shape index (κ2) is 3.51. The number of hydrogen-bond acceptors (Lipinski definition) is 2. The van der Waals surface area contributed by atoms with Crippen LogP contribution in [0.5, 0.6) is 0 Å². The molecule has 0 saturated carbocycles. The van der Waals surface area contributed by atoms with Crippen LogP contribution in [0.2, 0.25) is 0 Å². The smallest absolute Gasteiger partial charge is 0.0503 e. The van der Waals surface area contributed by atoms with Crippen LogP contribution < -0.4 is 5.73 Å². The fourth-order valence-corrected chi connectivity index (χ4v) is 1.65. The number of nitrogens with two attached hydrogens (primary N) is 1. The molecule has 2 heteroatoms. The maximum Gasteiger partial charge on any atom is 0.0503 e. The molecule has 0 unspecified atom stereocenters. The molecule has 0 aliphatic carbocycles. The van der Waals surface area contributed by atoms with Crippen molar-refractivity contribution in [2.24, 2.45) is 0 Å². The van der Waals surface area contributed by atoms with Crippen molar-refractivity contribution in [3.63, 3.8) is 0 Å². The first-order chi connectivity index (χ1) is 6.62. The minimum atomic E-state index is 0.0658. The summed E-state index contributed by atoms with van der Waals surface area (Å²) in [5.41, 5.74) is 9.09. The summed E-state index contributed by atoms with van der Waals surface area (Å²) in [4.78, 5) is 4.49. The highest BCUT2D eigenvalue weighted by Crippen LogP contribution is 2.33. The first-order valence-corrected chi connectivity index (χ1v) is 5.39. The van der Waals surface area contributed by atoms with Crippen molar-refractivity contribution in [3.8, 4) is 0 Å². The third-order valence-corrected chi connectivity index (χ3v) is 2.43. The van der Waals surface area contributed by atoms with Gasteiger partial charge in [0.05, 0.1) is 11.9 Å². The van der Waals surface area contributed by atoms with Crippen LogP contribution in [0.3, 0.4) is 0 Å². The molecule has 0 aliphatic rings. The molecular weight excluding hydrogens is 184 g/mol. The largest absolute Gasteiger partial charge is 0.397 e. The molecule has 1 rings (SSSR count). The second-order valence-corrected chi connectivity index (χ2v) is 6.16. The molecule has 1 aromatic rings. The van der Waals surface area contributed by atoms with Crippen molar-refractivity contribution in [3.05, 3.63) is 23.5 Å². The Hall–Kier alpha value is -1.05. The van der Waals surface area contributed by atoms with Crippen molar-refractivity contribution < 1.29 is 0 Å². The lowest BCUT2D eigenvalue weighted by Gasteiger charge is -2.28. The number of nitrogens with zero attached hydrogens (tertiary/aromatic N) is 1. The molecule has 2 N–H and O–H groups in total. The molecule has 0 bridgehead atoms. The molecule has 0 fully saturated rings. The average Bonchev–Trinajstić information content (AvgIpc) is 2.00. The van der Waals surface area contributed by atoms with Crippen molar-refractivity contribution >= 4 is 5.69 Å². The number of rotatable bonds is 0. The molecule has 0 atom stereocenters. The molecule has 0 aliphatic heterocycles. The fourth-order valence-electron chi connectivity index (χ4n) is 1.65. The number of aromatic nitrogens is 1. The summed E-state index contributed by atoms with van der Waals surface area (Å²) in [6.07, 6.45) is 1.75. The highest BCUT2D eigenvalue weighted by molar-refractivity contribution is 5.44. The lowest BCUT2D eigenvalue weighted by atomic mass is 9.78. The van der Waals surface area contributed by atoms with E-state index in [4.69, 9.17) is 5.73 Å². The van der Waals surface area contributed by atoms with Crippen LogP contribution >= 0.6 is 0 Å². The van der Waals surface area contributed by atoms with Gasteiger partial charge in [-0.05, 0) is 17.0 Å². The van der Waals surface area contributed by atoms with E-state index in [-0.39, 0.29) is 10.8 Å². The predicted molar refractivity (Wildman–Crippen MR) is 66.0 cm³/mol. The van der Waals surface area contributed by atoms with E-state index in [1.165, 1.54) is 5.56 Å². The van der Waals surface area contributed by atoms with Gasteiger partial charge in [0, 0.05) is 11.1 Å². The summed E-state index contributed by atoms with van der Waals surface area (Å²) < 4.78 is 0. The molecule has 0 amide bonds. The van der Waals surface area contributed by atoms with E-state index in [9.17, 15) is 0 Å². The van der Waals surface area contributed by atoms with Gasteiger partial charge in [0.25, 0.3) is 0 Å². The van der Waals surface area contributed by atoms with Crippen molar-refractivity contribution in [1.29, 1.82) is 0 Å². The number of nitrogen functional groups attached to an aromatic ring is 1. The SMILES string of the molecule is CC(C)(C)c1cc(N)cnc1C(C)(C)C. The fraction of sp³-hybridized carbons (Fsp3) is 0.615. The lowest BCUT2D eigenvalue weighted by Crippen LogP contribution is -2.23. The summed E-state index contributed by atoms with van der Waals surface area (Å²) in [6, 6.07) is 2.05. The van der Waals surface area contributed by atoms with Gasteiger partial charge in [-0.3, -0.25) is 4.98 Å². The van der Waals surface area contributed by atoms with Crippen LogP contribution in [0.25, 0.3) is 0 Å². The Labute approximate surface area is 92.9 Å². The molecule has 0 saturated heterocycles. The zero-order valence-electron chi connectivity index (χ0n) is 10.7. The third kappa shape index (κ3) is 2.71. The Morgan fingerprint density at radius 2 is 1.53 bits per heavy atom. The van der Waals surface area contributed by atoms with Gasteiger partial charge >= 0.3 is 0 Å². The average molecular weight is 206 g/mol. The quantitative estimate of drug-likeness (QED) is 0.707. The van der Waals surface area contributed by atoms with E-state index < -0.39 is 0 Å². The molecule has 15 heavy (non-hydrogen) atoms. The monoisotopic (exact) mass is 206 g/mol. The van der Waals surface area contributed by atoms with Crippen LogP contribution in [0.15, 0.2) is 12.3 Å². The normalized spacial score (nSPS) is 12.9. The summed E-state index contributed by atoms with van der Waals surface area (Å²) in [7, 11) is 0. The Bertz CT molecular complexity index is 354. The van der Waals surface area contributed by atoms with Gasteiger partial charge in [-0.2, -0.15) is 0 Å². The highest BCUT2D eigenvalue weighted by Gasteiger charge is 2.26. The van der Waals surface area contributed by atoms with Crippen LogP contribution in [-0.2, 0) is 10.8 Å². The van der Waals surface area contributed by atoms with Crippen LogP contribution in [0, 0.1) is 0 Å². The first kappa shape index (κ1) is 12.0. The minimum absolute atomic E-state index is 0.0658. The predicted octanol–water partition coefficient (Wildman–Crippen LogP) is 3.26. The standard InChI is InChI=1S/C13H22N2/c1-12(2,3)10-7-9(14)8-15-11(10)13(4,5)6/h7-8H,14H2,1-6H3. The lowest BCUT2D eigenvalue weighted by molar-refractivity contribution is 0.514. The van der Waals surface area contributed by atoms with Gasteiger partial charge in [0.2, 0.25) is 0 Å². The van der Waals surface area contributed by atoms with Gasteiger partial charge in [0.15, 0.2) is 0 Å². The van der Waals surface area contributed by atoms with Crippen LogP contribution in [0.4, 0.5) is 5.69 Å². The van der Waals surface area contributed by atoms with E-state index in [0.717, 1.165) is 11.4 Å². The summed E-state index contributed by atoms with van der Waals surface area (Å²) in [5, 5.41) is 0. The van der Waals surface area contributed by atoms with E-state index in [1.807, 2.05) is 6.07 Å².